The molecule has 3 aromatic rings. The minimum atomic E-state index is -0.427. The molecule has 4 rings (SSSR count). The van der Waals surface area contributed by atoms with Gasteiger partial charge in [0, 0.05) is 11.4 Å². The average Bonchev–Trinajstić information content (AvgIpc) is 2.68. The number of hydrogen-bond acceptors (Lipinski definition) is 4. The molecule has 5 heteroatoms. The number of methoxy groups -OCH3 is 1. The number of carbonyl (C=O) groups excluding carboxylic acids is 1. The third kappa shape index (κ3) is 2.97. The maximum atomic E-state index is 13.3. The predicted molar refractivity (Wildman–Crippen MR) is 105 cm³/mol. The van der Waals surface area contributed by atoms with Crippen molar-refractivity contribution in [1.82, 2.24) is 0 Å². The van der Waals surface area contributed by atoms with Gasteiger partial charge in [0.1, 0.15) is 6.17 Å². The first-order valence-electron chi connectivity index (χ1n) is 8.71. The molecule has 0 bridgehead atoms. The zero-order valence-electron chi connectivity index (χ0n) is 15.1. The molecule has 2 N–H and O–H groups in total. The molecular formula is C22H20N2O3. The first kappa shape index (κ1) is 17.0. The quantitative estimate of drug-likeness (QED) is 0.723. The minimum absolute atomic E-state index is 0.0610. The number of rotatable bonds is 3. The van der Waals surface area contributed by atoms with E-state index in [1.54, 1.807) is 23.1 Å². The Morgan fingerprint density at radius 2 is 1.85 bits per heavy atom. The summed E-state index contributed by atoms with van der Waals surface area (Å²) in [5.41, 5.74) is 4.10. The second-order valence-electron chi connectivity index (χ2n) is 6.54. The van der Waals surface area contributed by atoms with E-state index in [9.17, 15) is 9.90 Å². The molecule has 3 aromatic carbocycles. The molecule has 0 aromatic heterocycles. The fourth-order valence-corrected chi connectivity index (χ4v) is 3.40. The third-order valence-electron chi connectivity index (χ3n) is 4.73. The van der Waals surface area contributed by atoms with Gasteiger partial charge in [-0.3, -0.25) is 9.69 Å². The number of anilines is 2. The molecule has 27 heavy (non-hydrogen) atoms. The predicted octanol–water partition coefficient (Wildman–Crippen LogP) is 4.48. The third-order valence-corrected chi connectivity index (χ3v) is 4.73. The van der Waals surface area contributed by atoms with Gasteiger partial charge in [0.05, 0.1) is 12.7 Å². The molecule has 136 valence electrons. The molecule has 0 saturated heterocycles. The molecule has 1 aliphatic rings. The zero-order chi connectivity index (χ0) is 19.0. The summed E-state index contributed by atoms with van der Waals surface area (Å²) in [7, 11) is 1.51. The van der Waals surface area contributed by atoms with Crippen LogP contribution in [0.2, 0.25) is 0 Å². The summed E-state index contributed by atoms with van der Waals surface area (Å²) in [6.07, 6.45) is -0.427. The number of ether oxygens (including phenoxy) is 1. The summed E-state index contributed by atoms with van der Waals surface area (Å²) < 4.78 is 5.25. The fraction of sp³-hybridized carbons (Fsp3) is 0.136. The first-order valence-corrected chi connectivity index (χ1v) is 8.71. The van der Waals surface area contributed by atoms with Crippen LogP contribution in [0.15, 0.2) is 66.7 Å². The maximum Gasteiger partial charge on any atom is 0.262 e. The van der Waals surface area contributed by atoms with Crippen molar-refractivity contribution >= 4 is 17.3 Å². The van der Waals surface area contributed by atoms with Gasteiger partial charge in [-0.25, -0.2) is 0 Å². The van der Waals surface area contributed by atoms with E-state index in [1.807, 2.05) is 55.5 Å². The minimum Gasteiger partial charge on any atom is -0.504 e. The second kappa shape index (κ2) is 6.68. The maximum absolute atomic E-state index is 13.3. The SMILES string of the molecule is COc1cc([C@@H]2Nc3ccccc3C(=O)N2c2cccc(C)c2)ccc1O. The monoisotopic (exact) mass is 360 g/mol. The van der Waals surface area contributed by atoms with Gasteiger partial charge in [0.2, 0.25) is 0 Å². The van der Waals surface area contributed by atoms with Crippen LogP contribution in [0.3, 0.4) is 0 Å². The summed E-state index contributed by atoms with van der Waals surface area (Å²) >= 11 is 0. The van der Waals surface area contributed by atoms with Gasteiger partial charge in [-0.1, -0.05) is 30.3 Å². The highest BCUT2D eigenvalue weighted by atomic mass is 16.5. The Labute approximate surface area is 157 Å². The largest absolute Gasteiger partial charge is 0.504 e. The molecule has 1 heterocycles. The summed E-state index contributed by atoms with van der Waals surface area (Å²) in [5.74, 6) is 0.350. The molecule has 0 radical (unpaired) electrons. The topological polar surface area (TPSA) is 61.8 Å². The Kier molecular flexibility index (Phi) is 4.20. The normalized spacial score (nSPS) is 15.9. The number of para-hydroxylation sites is 1. The van der Waals surface area contributed by atoms with Crippen LogP contribution in [-0.2, 0) is 0 Å². The summed E-state index contributed by atoms with van der Waals surface area (Å²) in [5, 5.41) is 13.4. The number of phenols is 1. The van der Waals surface area contributed by atoms with Gasteiger partial charge >= 0.3 is 0 Å². The number of amides is 1. The van der Waals surface area contributed by atoms with Crippen molar-refractivity contribution in [3.05, 3.63) is 83.4 Å². The van der Waals surface area contributed by atoms with Crippen molar-refractivity contribution in [2.45, 2.75) is 13.1 Å². The Morgan fingerprint density at radius 1 is 1.04 bits per heavy atom. The van der Waals surface area contributed by atoms with E-state index in [2.05, 4.69) is 5.32 Å². The van der Waals surface area contributed by atoms with E-state index in [0.29, 0.717) is 11.3 Å². The van der Waals surface area contributed by atoms with Crippen LogP contribution in [0.5, 0.6) is 11.5 Å². The fourth-order valence-electron chi connectivity index (χ4n) is 3.40. The highest BCUT2D eigenvalue weighted by Crippen LogP contribution is 2.39. The van der Waals surface area contributed by atoms with Gasteiger partial charge in [-0.15, -0.1) is 0 Å². The standard InChI is InChI=1S/C22H20N2O3/c1-14-6-5-7-16(12-14)24-21(15-10-11-19(25)20(13-15)27-2)23-18-9-4-3-8-17(18)22(24)26/h3-13,21,23,25H,1-2H3/t21-/m1/s1. The lowest BCUT2D eigenvalue weighted by Crippen LogP contribution is -2.43. The van der Waals surface area contributed by atoms with Crippen molar-refractivity contribution in [3.8, 4) is 11.5 Å². The van der Waals surface area contributed by atoms with Crippen molar-refractivity contribution in [3.63, 3.8) is 0 Å². The Morgan fingerprint density at radius 3 is 2.63 bits per heavy atom. The summed E-state index contributed by atoms with van der Waals surface area (Å²) in [6.45, 7) is 2.00. The smallest absolute Gasteiger partial charge is 0.262 e. The van der Waals surface area contributed by atoms with E-state index in [-0.39, 0.29) is 11.7 Å². The Balaban J connectivity index is 1.88. The van der Waals surface area contributed by atoms with Gasteiger partial charge in [-0.05, 0) is 54.4 Å². The highest BCUT2D eigenvalue weighted by Gasteiger charge is 2.34. The zero-order valence-corrected chi connectivity index (χ0v) is 15.1. The molecule has 5 nitrogen and oxygen atoms in total. The van der Waals surface area contributed by atoms with Crippen molar-refractivity contribution < 1.29 is 14.6 Å². The lowest BCUT2D eigenvalue weighted by Gasteiger charge is -2.38. The van der Waals surface area contributed by atoms with Crippen LogP contribution in [0, 0.1) is 6.92 Å². The Bertz CT molecular complexity index is 1020. The number of phenolic OH excluding ortho intramolecular Hbond substituents is 1. The molecule has 1 atom stereocenters. The number of carbonyl (C=O) groups is 1. The highest BCUT2D eigenvalue weighted by molar-refractivity contribution is 6.12. The number of nitrogens with one attached hydrogen (secondary N) is 1. The van der Waals surface area contributed by atoms with E-state index >= 15 is 0 Å². The molecule has 0 unspecified atom stereocenters. The molecule has 1 aliphatic heterocycles. The van der Waals surface area contributed by atoms with Gasteiger partial charge in [0.15, 0.2) is 11.5 Å². The van der Waals surface area contributed by atoms with Crippen LogP contribution in [0.1, 0.15) is 27.7 Å². The molecule has 1 amide bonds. The summed E-state index contributed by atoms with van der Waals surface area (Å²) in [4.78, 5) is 15.1. The van der Waals surface area contributed by atoms with Crippen LogP contribution in [0.4, 0.5) is 11.4 Å². The van der Waals surface area contributed by atoms with Crippen molar-refractivity contribution in [1.29, 1.82) is 0 Å². The molecule has 0 saturated carbocycles. The lowest BCUT2D eigenvalue weighted by molar-refractivity contribution is 0.0975. The van der Waals surface area contributed by atoms with Crippen LogP contribution in [0.25, 0.3) is 0 Å². The number of aryl methyl sites for hydroxylation is 1. The number of fused-ring (bicyclic) bond motifs is 1. The summed E-state index contributed by atoms with van der Waals surface area (Å²) in [6, 6.07) is 20.4. The lowest BCUT2D eigenvalue weighted by atomic mass is 10.0. The second-order valence-corrected chi connectivity index (χ2v) is 6.54. The molecule has 0 spiro atoms. The number of aromatic hydroxyl groups is 1. The van der Waals surface area contributed by atoms with E-state index in [0.717, 1.165) is 22.5 Å². The van der Waals surface area contributed by atoms with Gasteiger partial charge < -0.3 is 15.2 Å². The molecule has 0 fully saturated rings. The van der Waals surface area contributed by atoms with Crippen LogP contribution >= 0.6 is 0 Å². The van der Waals surface area contributed by atoms with Crippen LogP contribution in [-0.4, -0.2) is 18.1 Å². The average molecular weight is 360 g/mol. The van der Waals surface area contributed by atoms with Crippen molar-refractivity contribution in [2.24, 2.45) is 0 Å². The van der Waals surface area contributed by atoms with Crippen molar-refractivity contribution in [2.75, 3.05) is 17.3 Å². The number of nitrogens with zero attached hydrogens (tertiary/aromatic N) is 1. The van der Waals surface area contributed by atoms with Gasteiger partial charge in [0.25, 0.3) is 5.91 Å². The van der Waals surface area contributed by atoms with Gasteiger partial charge in [-0.2, -0.15) is 0 Å². The Hall–Kier alpha value is -3.47. The van der Waals surface area contributed by atoms with Crippen LogP contribution < -0.4 is 15.0 Å². The molecule has 0 aliphatic carbocycles. The van der Waals surface area contributed by atoms with E-state index < -0.39 is 6.17 Å². The number of benzene rings is 3. The molecular weight excluding hydrogens is 340 g/mol. The van der Waals surface area contributed by atoms with E-state index in [1.165, 1.54) is 7.11 Å². The van der Waals surface area contributed by atoms with E-state index in [4.69, 9.17) is 4.74 Å². The first-order chi connectivity index (χ1) is 13.1. The number of hydrogen-bond donors (Lipinski definition) is 2.